The molecule has 2 heteroatoms. The molecule has 13 heavy (non-hydrogen) atoms. The van der Waals surface area contributed by atoms with Gasteiger partial charge in [-0.05, 0) is 6.42 Å². The fraction of sp³-hybridized carbons (Fsp3) is 0.727. The summed E-state index contributed by atoms with van der Waals surface area (Å²) in [6.45, 7) is 2.26. The fourth-order valence-corrected chi connectivity index (χ4v) is 2.37. The first-order valence-electron chi connectivity index (χ1n) is 5.26. The van der Waals surface area contributed by atoms with Gasteiger partial charge in [0.05, 0.1) is 5.38 Å². The number of thiazole rings is 1. The molecule has 0 saturated heterocycles. The molecule has 1 aromatic heterocycles. The zero-order valence-corrected chi connectivity index (χ0v) is 9.57. The van der Waals surface area contributed by atoms with Crippen molar-refractivity contribution in [3.63, 3.8) is 0 Å². The molecule has 1 rings (SSSR count). The first-order valence-corrected chi connectivity index (χ1v) is 6.14. The monoisotopic (exact) mass is 198 g/mol. The van der Waals surface area contributed by atoms with Gasteiger partial charge in [0.15, 0.2) is 6.20 Å². The third-order valence-electron chi connectivity index (χ3n) is 2.38. The number of unbranched alkanes of at least 4 members (excludes halogenated alkanes) is 4. The number of hydrogen-bond donors (Lipinski definition) is 0. The largest absolute Gasteiger partial charge is 0.236 e. The summed E-state index contributed by atoms with van der Waals surface area (Å²) in [6, 6.07) is 0. The summed E-state index contributed by atoms with van der Waals surface area (Å²) in [5.74, 6) is 0. The zero-order chi connectivity index (χ0) is 9.52. The molecule has 74 valence electrons. The molecule has 0 aliphatic heterocycles. The zero-order valence-electron chi connectivity index (χ0n) is 8.75. The van der Waals surface area contributed by atoms with E-state index in [1.54, 1.807) is 0 Å². The summed E-state index contributed by atoms with van der Waals surface area (Å²) in [7, 11) is 2.14. The normalized spacial score (nSPS) is 10.6. The Morgan fingerprint density at radius 1 is 1.23 bits per heavy atom. The molecule has 0 N–H and O–H groups in total. The van der Waals surface area contributed by atoms with Gasteiger partial charge in [0, 0.05) is 6.42 Å². The molecule has 0 spiro atoms. The summed E-state index contributed by atoms with van der Waals surface area (Å²) < 4.78 is 2.24. The standard InChI is InChI=1S/C11H20NS/c1-3-4-5-6-7-8-11-12(2)9-10-13-11/h9-10H,3-8H2,1-2H3/q+1. The van der Waals surface area contributed by atoms with Crippen LogP contribution in [0.3, 0.4) is 0 Å². The summed E-state index contributed by atoms with van der Waals surface area (Å²) >= 11 is 1.88. The van der Waals surface area contributed by atoms with Crippen molar-refractivity contribution in [3.05, 3.63) is 16.6 Å². The van der Waals surface area contributed by atoms with Crippen LogP contribution in [-0.4, -0.2) is 0 Å². The van der Waals surface area contributed by atoms with Gasteiger partial charge >= 0.3 is 0 Å². The Kier molecular flexibility index (Phi) is 5.06. The van der Waals surface area contributed by atoms with Crippen molar-refractivity contribution in [2.45, 2.75) is 45.4 Å². The second kappa shape index (κ2) is 6.14. The summed E-state index contributed by atoms with van der Waals surface area (Å²) in [4.78, 5) is 0. The minimum atomic E-state index is 1.26. The van der Waals surface area contributed by atoms with Crippen LogP contribution in [-0.2, 0) is 13.5 Å². The maximum absolute atomic E-state index is 2.26. The first kappa shape index (κ1) is 10.7. The van der Waals surface area contributed by atoms with Crippen molar-refractivity contribution in [1.82, 2.24) is 0 Å². The maximum atomic E-state index is 2.26. The van der Waals surface area contributed by atoms with E-state index in [0.29, 0.717) is 0 Å². The number of nitrogens with zero attached hydrogens (tertiary/aromatic N) is 1. The predicted molar refractivity (Wildman–Crippen MR) is 58.0 cm³/mol. The van der Waals surface area contributed by atoms with Crippen LogP contribution in [0, 0.1) is 0 Å². The number of rotatable bonds is 6. The molecule has 1 heterocycles. The Balaban J connectivity index is 2.10. The van der Waals surface area contributed by atoms with Gasteiger partial charge in [-0.25, -0.2) is 0 Å². The van der Waals surface area contributed by atoms with Crippen LogP contribution in [0.15, 0.2) is 11.6 Å². The minimum absolute atomic E-state index is 1.26. The molecule has 1 aromatic rings. The lowest BCUT2D eigenvalue weighted by Gasteiger charge is -1.96. The Bertz CT molecular complexity index is 230. The third-order valence-corrected chi connectivity index (χ3v) is 3.40. The molecule has 0 atom stereocenters. The van der Waals surface area contributed by atoms with Gasteiger partial charge in [-0.15, -0.1) is 0 Å². The van der Waals surface area contributed by atoms with Gasteiger partial charge in [0.25, 0.3) is 0 Å². The van der Waals surface area contributed by atoms with Crippen molar-refractivity contribution < 1.29 is 4.57 Å². The molecule has 0 fully saturated rings. The Labute approximate surface area is 85.4 Å². The third kappa shape index (κ3) is 3.90. The fourth-order valence-electron chi connectivity index (χ4n) is 1.48. The van der Waals surface area contributed by atoms with Gasteiger partial charge < -0.3 is 0 Å². The number of aromatic nitrogens is 1. The lowest BCUT2D eigenvalue weighted by atomic mass is 10.1. The van der Waals surface area contributed by atoms with Gasteiger partial charge in [-0.1, -0.05) is 43.9 Å². The van der Waals surface area contributed by atoms with Crippen LogP contribution in [0.2, 0.25) is 0 Å². The van der Waals surface area contributed by atoms with Crippen LogP contribution >= 0.6 is 11.3 Å². The van der Waals surface area contributed by atoms with Crippen molar-refractivity contribution in [1.29, 1.82) is 0 Å². The highest BCUT2D eigenvalue weighted by molar-refractivity contribution is 7.09. The van der Waals surface area contributed by atoms with Crippen LogP contribution in [0.5, 0.6) is 0 Å². The van der Waals surface area contributed by atoms with E-state index in [0.717, 1.165) is 0 Å². The lowest BCUT2D eigenvalue weighted by molar-refractivity contribution is -0.673. The molecule has 1 nitrogen and oxygen atoms in total. The van der Waals surface area contributed by atoms with E-state index in [2.05, 4.69) is 30.1 Å². The SMILES string of the molecule is CCCCCCCc1scc[n+]1C. The lowest BCUT2D eigenvalue weighted by Crippen LogP contribution is -2.29. The van der Waals surface area contributed by atoms with Crippen LogP contribution < -0.4 is 4.57 Å². The molecule has 0 bridgehead atoms. The molecular weight excluding hydrogens is 178 g/mol. The summed E-state index contributed by atoms with van der Waals surface area (Å²) in [6.07, 6.45) is 10.3. The van der Waals surface area contributed by atoms with E-state index in [1.807, 2.05) is 11.3 Å². The Hall–Kier alpha value is -0.370. The van der Waals surface area contributed by atoms with Crippen LogP contribution in [0.25, 0.3) is 0 Å². The summed E-state index contributed by atoms with van der Waals surface area (Å²) in [5.41, 5.74) is 0. The smallest absolute Gasteiger partial charge is 0.196 e. The molecule has 0 aliphatic rings. The highest BCUT2D eigenvalue weighted by atomic mass is 32.1. The molecule has 0 aromatic carbocycles. The number of aryl methyl sites for hydroxylation is 2. The average Bonchev–Trinajstić information content (AvgIpc) is 2.52. The Morgan fingerprint density at radius 3 is 2.62 bits per heavy atom. The quantitative estimate of drug-likeness (QED) is 0.488. The highest BCUT2D eigenvalue weighted by Gasteiger charge is 2.06. The molecule has 0 radical (unpaired) electrons. The second-order valence-electron chi connectivity index (χ2n) is 3.57. The van der Waals surface area contributed by atoms with Gasteiger partial charge in [0.1, 0.15) is 7.05 Å². The first-order chi connectivity index (χ1) is 6.34. The van der Waals surface area contributed by atoms with E-state index in [9.17, 15) is 0 Å². The highest BCUT2D eigenvalue weighted by Crippen LogP contribution is 2.09. The van der Waals surface area contributed by atoms with Gasteiger partial charge in [0.2, 0.25) is 5.01 Å². The van der Waals surface area contributed by atoms with Gasteiger partial charge in [-0.3, -0.25) is 0 Å². The average molecular weight is 198 g/mol. The van der Waals surface area contributed by atoms with Crippen LogP contribution in [0.1, 0.15) is 44.0 Å². The maximum Gasteiger partial charge on any atom is 0.236 e. The van der Waals surface area contributed by atoms with Crippen LogP contribution in [0.4, 0.5) is 0 Å². The van der Waals surface area contributed by atoms with Crippen molar-refractivity contribution >= 4 is 11.3 Å². The molecular formula is C11H20NS+. The molecule has 0 amide bonds. The molecule has 0 aliphatic carbocycles. The van der Waals surface area contributed by atoms with E-state index in [-0.39, 0.29) is 0 Å². The van der Waals surface area contributed by atoms with Crippen molar-refractivity contribution in [2.75, 3.05) is 0 Å². The second-order valence-corrected chi connectivity index (χ2v) is 4.55. The number of hydrogen-bond acceptors (Lipinski definition) is 1. The predicted octanol–water partition coefficient (Wildman–Crippen LogP) is 3.09. The molecule has 0 unspecified atom stereocenters. The van der Waals surface area contributed by atoms with Gasteiger partial charge in [-0.2, -0.15) is 4.57 Å². The van der Waals surface area contributed by atoms with Crippen molar-refractivity contribution in [3.8, 4) is 0 Å². The van der Waals surface area contributed by atoms with E-state index < -0.39 is 0 Å². The van der Waals surface area contributed by atoms with E-state index >= 15 is 0 Å². The van der Waals surface area contributed by atoms with E-state index in [4.69, 9.17) is 0 Å². The molecule has 0 saturated carbocycles. The topological polar surface area (TPSA) is 3.88 Å². The Morgan fingerprint density at radius 2 is 2.00 bits per heavy atom. The van der Waals surface area contributed by atoms with Crippen molar-refractivity contribution in [2.24, 2.45) is 7.05 Å². The summed E-state index contributed by atoms with van der Waals surface area (Å²) in [5, 5.41) is 3.68. The minimum Gasteiger partial charge on any atom is -0.196 e. The van der Waals surface area contributed by atoms with E-state index in [1.165, 1.54) is 43.5 Å².